The van der Waals surface area contributed by atoms with Crippen molar-refractivity contribution in [3.8, 4) is 0 Å². The Hall–Kier alpha value is -3.49. The summed E-state index contributed by atoms with van der Waals surface area (Å²) in [6.07, 6.45) is 1.57. The molecule has 1 saturated heterocycles. The largest absolute Gasteiger partial charge is 0.461 e. The monoisotopic (exact) mass is 486 g/mol. The molecular weight excluding hydrogens is 456 g/mol. The molecule has 0 aromatic rings. The lowest BCUT2D eigenvalue weighted by Gasteiger charge is -2.39. The van der Waals surface area contributed by atoms with Gasteiger partial charge in [0.1, 0.15) is 24.9 Å². The Morgan fingerprint density at radius 1 is 1.17 bits per heavy atom. The second-order valence-electron chi connectivity index (χ2n) is 9.36. The minimum Gasteiger partial charge on any atom is -0.461 e. The maximum Gasteiger partial charge on any atom is 0.337 e. The summed E-state index contributed by atoms with van der Waals surface area (Å²) in [5, 5.41) is 0. The van der Waals surface area contributed by atoms with Crippen LogP contribution in [0.25, 0.3) is 0 Å². The van der Waals surface area contributed by atoms with Gasteiger partial charge in [-0.2, -0.15) is 0 Å². The van der Waals surface area contributed by atoms with Crippen LogP contribution >= 0.6 is 0 Å². The third-order valence-corrected chi connectivity index (χ3v) is 7.24. The molecule has 0 bridgehead atoms. The molecule has 3 rings (SSSR count). The molecule has 3 aliphatic rings. The molecule has 0 amide bonds. The van der Waals surface area contributed by atoms with E-state index in [9.17, 15) is 24.0 Å². The Morgan fingerprint density at radius 3 is 2.43 bits per heavy atom. The zero-order chi connectivity index (χ0) is 26.2. The zero-order valence-electron chi connectivity index (χ0n) is 20.5. The Bertz CT molecular complexity index is 1060. The maximum absolute atomic E-state index is 13.2. The number of rotatable bonds is 6. The summed E-state index contributed by atoms with van der Waals surface area (Å²) in [7, 11) is 0. The first kappa shape index (κ1) is 26.1. The minimum atomic E-state index is -1.30. The van der Waals surface area contributed by atoms with E-state index >= 15 is 0 Å². The van der Waals surface area contributed by atoms with Crippen molar-refractivity contribution in [1.29, 1.82) is 0 Å². The second-order valence-corrected chi connectivity index (χ2v) is 9.36. The summed E-state index contributed by atoms with van der Waals surface area (Å²) in [6.45, 7) is 15.0. The van der Waals surface area contributed by atoms with Crippen molar-refractivity contribution in [2.24, 2.45) is 23.2 Å². The molecule has 0 aromatic carbocycles. The van der Waals surface area contributed by atoms with Crippen molar-refractivity contribution in [3.63, 3.8) is 0 Å². The van der Waals surface area contributed by atoms with Gasteiger partial charge in [-0.1, -0.05) is 32.2 Å². The lowest BCUT2D eigenvalue weighted by molar-refractivity contribution is -0.167. The molecule has 0 radical (unpaired) electrons. The molecule has 0 N–H and O–H groups in total. The first-order valence-electron chi connectivity index (χ1n) is 11.3. The smallest absolute Gasteiger partial charge is 0.337 e. The van der Waals surface area contributed by atoms with E-state index < -0.39 is 72.0 Å². The highest BCUT2D eigenvalue weighted by molar-refractivity contribution is 6.00. The summed E-state index contributed by atoms with van der Waals surface area (Å²) < 4.78 is 22.1. The quantitative estimate of drug-likeness (QED) is 0.316. The van der Waals surface area contributed by atoms with Crippen molar-refractivity contribution in [1.82, 2.24) is 0 Å². The van der Waals surface area contributed by atoms with E-state index in [4.69, 9.17) is 18.9 Å². The number of fused-ring (bicyclic) bond motifs is 2. The summed E-state index contributed by atoms with van der Waals surface area (Å²) in [6, 6.07) is 0. The maximum atomic E-state index is 13.2. The summed E-state index contributed by atoms with van der Waals surface area (Å²) >= 11 is 0. The molecule has 1 saturated carbocycles. The molecule has 188 valence electrons. The average molecular weight is 487 g/mol. The van der Waals surface area contributed by atoms with Crippen molar-refractivity contribution < 1.29 is 42.9 Å². The summed E-state index contributed by atoms with van der Waals surface area (Å²) in [4.78, 5) is 62.6. The van der Waals surface area contributed by atoms with Crippen LogP contribution in [0.15, 0.2) is 48.1 Å². The Kier molecular flexibility index (Phi) is 7.19. The highest BCUT2D eigenvalue weighted by Crippen LogP contribution is 2.55. The molecule has 9 heteroatoms. The van der Waals surface area contributed by atoms with Gasteiger partial charge in [-0.3, -0.25) is 9.59 Å². The molecule has 9 nitrogen and oxygen atoms in total. The van der Waals surface area contributed by atoms with E-state index in [2.05, 4.69) is 13.2 Å². The van der Waals surface area contributed by atoms with E-state index in [-0.39, 0.29) is 16.9 Å². The van der Waals surface area contributed by atoms with Crippen molar-refractivity contribution >= 4 is 29.7 Å². The summed E-state index contributed by atoms with van der Waals surface area (Å²) in [5.74, 6) is -5.05. The third kappa shape index (κ3) is 4.47. The topological polar surface area (TPSA) is 122 Å². The molecule has 2 aliphatic carbocycles. The fourth-order valence-electron chi connectivity index (χ4n) is 5.05. The lowest BCUT2D eigenvalue weighted by atomic mass is 9.67. The molecule has 35 heavy (non-hydrogen) atoms. The Morgan fingerprint density at radius 2 is 1.83 bits per heavy atom. The highest BCUT2D eigenvalue weighted by atomic mass is 16.6. The number of allylic oxidation sites excluding steroid dienone is 3. The van der Waals surface area contributed by atoms with Crippen LogP contribution in [0, 0.1) is 23.2 Å². The van der Waals surface area contributed by atoms with Crippen LogP contribution < -0.4 is 0 Å². The predicted octanol–water partition coefficient (Wildman–Crippen LogP) is 2.40. The molecule has 0 spiro atoms. The first-order chi connectivity index (χ1) is 16.3. The number of hydrogen-bond acceptors (Lipinski definition) is 9. The van der Waals surface area contributed by atoms with Gasteiger partial charge in [-0.05, 0) is 32.8 Å². The fraction of sp³-hybridized carbons (Fsp3) is 0.500. The van der Waals surface area contributed by atoms with Gasteiger partial charge < -0.3 is 18.9 Å². The summed E-state index contributed by atoms with van der Waals surface area (Å²) in [5.41, 5.74) is -1.06. The van der Waals surface area contributed by atoms with Crippen LogP contribution in [-0.4, -0.2) is 54.6 Å². The van der Waals surface area contributed by atoms with Crippen LogP contribution in [0.3, 0.4) is 0 Å². The SMILES string of the molecule is C=C(COC(C)=O)C(=O)O[C@H]1[C@@H]2C(=C)C(=O)O[C@@H]2[C@H](OC(=O)/C(C)=C\C)[C@@H](C)[C@@H]2C=CC(=O)[C@]21C. The van der Waals surface area contributed by atoms with Gasteiger partial charge in [0, 0.05) is 24.0 Å². The van der Waals surface area contributed by atoms with Crippen LogP contribution in [0.1, 0.15) is 34.6 Å². The lowest BCUT2D eigenvalue weighted by Crippen LogP contribution is -2.49. The van der Waals surface area contributed by atoms with Gasteiger partial charge in [-0.25, -0.2) is 14.4 Å². The third-order valence-electron chi connectivity index (χ3n) is 7.24. The van der Waals surface area contributed by atoms with Gasteiger partial charge in [0.15, 0.2) is 5.78 Å². The van der Waals surface area contributed by atoms with Gasteiger partial charge in [-0.15, -0.1) is 0 Å². The van der Waals surface area contributed by atoms with E-state index in [0.717, 1.165) is 0 Å². The Balaban J connectivity index is 2.06. The van der Waals surface area contributed by atoms with E-state index in [0.29, 0.717) is 5.57 Å². The van der Waals surface area contributed by atoms with E-state index in [1.807, 2.05) is 0 Å². The molecule has 1 heterocycles. The number of esters is 4. The van der Waals surface area contributed by atoms with Gasteiger partial charge in [0.25, 0.3) is 0 Å². The van der Waals surface area contributed by atoms with Crippen LogP contribution in [0.2, 0.25) is 0 Å². The number of ether oxygens (including phenoxy) is 4. The standard InChI is InChI=1S/C26H30O9/c1-8-12(2)23(29)33-20-14(4)17-9-10-18(28)26(17,7)22(19-15(5)25(31)34-21(19)20)35-24(30)13(3)11-32-16(6)27/h8-10,14,17,19-22H,3,5,11H2,1-2,4,6-7H3/b12-8-/t14-,17-,19+,20+,21-,22-,26-/m0/s1. The van der Waals surface area contributed by atoms with Gasteiger partial charge in [0.05, 0.1) is 16.9 Å². The van der Waals surface area contributed by atoms with Crippen LogP contribution in [0.5, 0.6) is 0 Å². The second kappa shape index (κ2) is 9.64. The fourth-order valence-corrected chi connectivity index (χ4v) is 5.05. The molecule has 0 aromatic heterocycles. The average Bonchev–Trinajstić information content (AvgIpc) is 3.25. The van der Waals surface area contributed by atoms with E-state index in [1.54, 1.807) is 39.8 Å². The van der Waals surface area contributed by atoms with Crippen LogP contribution in [0.4, 0.5) is 0 Å². The number of hydrogen-bond donors (Lipinski definition) is 0. The van der Waals surface area contributed by atoms with Crippen molar-refractivity contribution in [2.45, 2.75) is 52.9 Å². The van der Waals surface area contributed by atoms with Crippen molar-refractivity contribution in [2.75, 3.05) is 6.61 Å². The minimum absolute atomic E-state index is 0.0102. The normalized spacial score (nSPS) is 33.9. The predicted molar refractivity (Wildman–Crippen MR) is 122 cm³/mol. The van der Waals surface area contributed by atoms with Crippen molar-refractivity contribution in [3.05, 3.63) is 48.1 Å². The Labute approximate surface area is 203 Å². The molecular formula is C26H30O9. The highest BCUT2D eigenvalue weighted by Gasteiger charge is 2.65. The molecule has 1 aliphatic heterocycles. The molecule has 2 fully saturated rings. The number of ketones is 1. The van der Waals surface area contributed by atoms with Gasteiger partial charge in [0.2, 0.25) is 0 Å². The first-order valence-corrected chi connectivity index (χ1v) is 11.3. The zero-order valence-corrected chi connectivity index (χ0v) is 20.5. The van der Waals surface area contributed by atoms with Gasteiger partial charge >= 0.3 is 23.9 Å². The molecule has 7 atom stereocenters. The van der Waals surface area contributed by atoms with Crippen LogP contribution in [-0.2, 0) is 42.9 Å². The molecule has 0 unspecified atom stereocenters. The van der Waals surface area contributed by atoms with E-state index in [1.165, 1.54) is 13.0 Å². The number of carbonyl (C=O) groups is 5. The number of carbonyl (C=O) groups excluding carboxylic acids is 5.